The van der Waals surface area contributed by atoms with Gasteiger partial charge in [-0.05, 0) is 67.5 Å². The van der Waals surface area contributed by atoms with Gasteiger partial charge in [-0.2, -0.15) is 0 Å². The predicted octanol–water partition coefficient (Wildman–Crippen LogP) is 4.65. The van der Waals surface area contributed by atoms with Gasteiger partial charge in [0.05, 0.1) is 10.6 Å². The predicted molar refractivity (Wildman–Crippen MR) is 112 cm³/mol. The Balaban J connectivity index is 1.68. The Bertz CT molecular complexity index is 915. The standard InChI is InChI=1S/C22H24N4O2/c27-26(28)21-15-17(8-9-20(21)25-12-2-1-3-13-25)14-18-6-5-11-24-22(18)19-7-4-10-23-16-19/h4,7-10,14-16H,1-3,5-6,11-13H2. The van der Waals surface area contributed by atoms with Gasteiger partial charge in [0.1, 0.15) is 5.69 Å². The average molecular weight is 376 g/mol. The summed E-state index contributed by atoms with van der Waals surface area (Å²) in [4.78, 5) is 22.5. The van der Waals surface area contributed by atoms with Crippen molar-refractivity contribution in [3.05, 3.63) is 69.5 Å². The van der Waals surface area contributed by atoms with Gasteiger partial charge in [-0.3, -0.25) is 20.1 Å². The average Bonchev–Trinajstić information content (AvgIpc) is 2.75. The van der Waals surface area contributed by atoms with Gasteiger partial charge in [-0.1, -0.05) is 6.07 Å². The molecule has 1 aromatic heterocycles. The first-order valence-electron chi connectivity index (χ1n) is 9.91. The molecular formula is C22H24N4O2. The summed E-state index contributed by atoms with van der Waals surface area (Å²) in [5, 5.41) is 11.7. The second kappa shape index (κ2) is 8.33. The Morgan fingerprint density at radius 1 is 1.11 bits per heavy atom. The van der Waals surface area contributed by atoms with Gasteiger partial charge in [0.2, 0.25) is 0 Å². The van der Waals surface area contributed by atoms with E-state index in [4.69, 9.17) is 4.99 Å². The van der Waals surface area contributed by atoms with E-state index in [-0.39, 0.29) is 10.6 Å². The number of hydrogen-bond donors (Lipinski definition) is 0. The second-order valence-electron chi connectivity index (χ2n) is 7.30. The van der Waals surface area contributed by atoms with Gasteiger partial charge in [0.15, 0.2) is 0 Å². The zero-order chi connectivity index (χ0) is 19.3. The minimum atomic E-state index is -0.261. The number of allylic oxidation sites excluding steroid dienone is 1. The number of nitrogens with zero attached hydrogens (tertiary/aromatic N) is 4. The van der Waals surface area contributed by atoms with Crippen LogP contribution in [-0.4, -0.2) is 35.3 Å². The third-order valence-corrected chi connectivity index (χ3v) is 5.35. The lowest BCUT2D eigenvalue weighted by Crippen LogP contribution is -2.29. The molecule has 2 aromatic rings. The second-order valence-corrected chi connectivity index (χ2v) is 7.30. The van der Waals surface area contributed by atoms with Crippen LogP contribution in [0.4, 0.5) is 11.4 Å². The van der Waals surface area contributed by atoms with Crippen LogP contribution in [-0.2, 0) is 0 Å². The Hall–Kier alpha value is -3.02. The first-order chi connectivity index (χ1) is 13.7. The number of nitro benzene ring substituents is 1. The highest BCUT2D eigenvalue weighted by Gasteiger charge is 2.22. The van der Waals surface area contributed by atoms with Crippen LogP contribution in [0.15, 0.2) is 53.3 Å². The molecule has 6 heteroatoms. The molecular weight excluding hydrogens is 352 g/mol. The summed E-state index contributed by atoms with van der Waals surface area (Å²) in [5.41, 5.74) is 4.82. The molecule has 0 aliphatic carbocycles. The minimum absolute atomic E-state index is 0.187. The van der Waals surface area contributed by atoms with Crippen LogP contribution < -0.4 is 4.90 Å². The van der Waals surface area contributed by atoms with Crippen LogP contribution in [0.5, 0.6) is 0 Å². The quantitative estimate of drug-likeness (QED) is 0.575. The molecule has 28 heavy (non-hydrogen) atoms. The lowest BCUT2D eigenvalue weighted by Gasteiger charge is -2.28. The number of rotatable bonds is 4. The summed E-state index contributed by atoms with van der Waals surface area (Å²) in [6.45, 7) is 2.58. The van der Waals surface area contributed by atoms with E-state index in [1.807, 2.05) is 36.5 Å². The monoisotopic (exact) mass is 376 g/mol. The first kappa shape index (κ1) is 18.3. The molecule has 0 amide bonds. The van der Waals surface area contributed by atoms with Crippen molar-refractivity contribution in [1.82, 2.24) is 4.98 Å². The molecule has 1 aromatic carbocycles. The van der Waals surface area contributed by atoms with Crippen LogP contribution >= 0.6 is 0 Å². The number of aliphatic imine (C=N–C) groups is 1. The smallest absolute Gasteiger partial charge is 0.293 e. The summed E-state index contributed by atoms with van der Waals surface area (Å²) < 4.78 is 0. The SMILES string of the molecule is O=[N+]([O-])c1cc(C=C2CCCN=C2c2cccnc2)ccc1N1CCCCC1. The van der Waals surface area contributed by atoms with Gasteiger partial charge in [0.25, 0.3) is 5.69 Å². The third kappa shape index (κ3) is 3.96. The fourth-order valence-electron chi connectivity index (χ4n) is 3.98. The van der Waals surface area contributed by atoms with E-state index in [0.717, 1.165) is 73.4 Å². The first-order valence-corrected chi connectivity index (χ1v) is 9.91. The maximum absolute atomic E-state index is 11.7. The summed E-state index contributed by atoms with van der Waals surface area (Å²) >= 11 is 0. The molecule has 0 saturated carbocycles. The van der Waals surface area contributed by atoms with Crippen LogP contribution in [0, 0.1) is 10.1 Å². The van der Waals surface area contributed by atoms with E-state index in [9.17, 15) is 10.1 Å². The topological polar surface area (TPSA) is 71.6 Å². The van der Waals surface area contributed by atoms with Crippen molar-refractivity contribution in [2.45, 2.75) is 32.1 Å². The van der Waals surface area contributed by atoms with Crippen molar-refractivity contribution in [3.63, 3.8) is 0 Å². The van der Waals surface area contributed by atoms with Gasteiger partial charge in [0, 0.05) is 43.7 Å². The number of nitro groups is 1. The fourth-order valence-corrected chi connectivity index (χ4v) is 3.98. The maximum Gasteiger partial charge on any atom is 0.293 e. The highest BCUT2D eigenvalue weighted by Crippen LogP contribution is 2.32. The highest BCUT2D eigenvalue weighted by molar-refractivity contribution is 6.15. The molecule has 0 bridgehead atoms. The van der Waals surface area contributed by atoms with Crippen LogP contribution in [0.3, 0.4) is 0 Å². The van der Waals surface area contributed by atoms with E-state index in [1.54, 1.807) is 12.3 Å². The Labute approximate surface area is 164 Å². The number of hydrogen-bond acceptors (Lipinski definition) is 5. The summed E-state index contributed by atoms with van der Waals surface area (Å²) in [5.74, 6) is 0. The van der Waals surface area contributed by atoms with E-state index < -0.39 is 0 Å². The van der Waals surface area contributed by atoms with Crippen molar-refractivity contribution in [2.24, 2.45) is 4.99 Å². The number of piperidine rings is 1. The molecule has 2 aliphatic heterocycles. The highest BCUT2D eigenvalue weighted by atomic mass is 16.6. The molecule has 1 fully saturated rings. The lowest BCUT2D eigenvalue weighted by atomic mass is 9.94. The fraction of sp³-hybridized carbons (Fsp3) is 0.364. The van der Waals surface area contributed by atoms with Crippen molar-refractivity contribution >= 4 is 23.2 Å². The van der Waals surface area contributed by atoms with Gasteiger partial charge in [-0.25, -0.2) is 0 Å². The van der Waals surface area contributed by atoms with Crippen molar-refractivity contribution in [3.8, 4) is 0 Å². The van der Waals surface area contributed by atoms with Crippen molar-refractivity contribution < 1.29 is 4.92 Å². The summed E-state index contributed by atoms with van der Waals surface area (Å²) in [6, 6.07) is 9.50. The Morgan fingerprint density at radius 2 is 1.96 bits per heavy atom. The zero-order valence-corrected chi connectivity index (χ0v) is 15.9. The maximum atomic E-state index is 11.7. The Kier molecular flexibility index (Phi) is 5.46. The largest absolute Gasteiger partial charge is 0.366 e. The summed E-state index contributed by atoms with van der Waals surface area (Å²) in [6.07, 6.45) is 10.9. The molecule has 0 N–H and O–H groups in total. The molecule has 0 unspecified atom stereocenters. The third-order valence-electron chi connectivity index (χ3n) is 5.35. The Morgan fingerprint density at radius 3 is 2.71 bits per heavy atom. The normalized spacial score (nSPS) is 18.8. The number of pyridine rings is 1. The molecule has 0 spiro atoms. The molecule has 144 valence electrons. The lowest BCUT2D eigenvalue weighted by molar-refractivity contribution is -0.384. The van der Waals surface area contributed by atoms with E-state index in [2.05, 4.69) is 9.88 Å². The molecule has 0 atom stereocenters. The van der Waals surface area contributed by atoms with E-state index in [1.165, 1.54) is 6.42 Å². The minimum Gasteiger partial charge on any atom is -0.366 e. The van der Waals surface area contributed by atoms with Crippen LogP contribution in [0.1, 0.15) is 43.2 Å². The number of benzene rings is 1. The molecule has 6 nitrogen and oxygen atoms in total. The summed E-state index contributed by atoms with van der Waals surface area (Å²) in [7, 11) is 0. The molecule has 3 heterocycles. The zero-order valence-electron chi connectivity index (χ0n) is 15.9. The van der Waals surface area contributed by atoms with Crippen molar-refractivity contribution in [2.75, 3.05) is 24.5 Å². The molecule has 1 saturated heterocycles. The van der Waals surface area contributed by atoms with Gasteiger partial charge >= 0.3 is 0 Å². The molecule has 2 aliphatic rings. The number of aromatic nitrogens is 1. The molecule has 4 rings (SSSR count). The molecule has 0 radical (unpaired) electrons. The van der Waals surface area contributed by atoms with E-state index >= 15 is 0 Å². The van der Waals surface area contributed by atoms with E-state index in [0.29, 0.717) is 0 Å². The van der Waals surface area contributed by atoms with Crippen LogP contribution in [0.25, 0.3) is 6.08 Å². The van der Waals surface area contributed by atoms with Gasteiger partial charge in [-0.15, -0.1) is 0 Å². The van der Waals surface area contributed by atoms with Crippen LogP contribution in [0.2, 0.25) is 0 Å². The van der Waals surface area contributed by atoms with Gasteiger partial charge < -0.3 is 4.90 Å². The number of anilines is 1. The van der Waals surface area contributed by atoms with Crippen molar-refractivity contribution in [1.29, 1.82) is 0 Å².